The summed E-state index contributed by atoms with van der Waals surface area (Å²) < 4.78 is 4.80. The van der Waals surface area contributed by atoms with Crippen LogP contribution in [0, 0.1) is 6.92 Å². The first-order valence-electron chi connectivity index (χ1n) is 4.76. The van der Waals surface area contributed by atoms with Gasteiger partial charge in [-0.25, -0.2) is 4.79 Å². The smallest absolute Gasteiger partial charge is 0.340 e. The summed E-state index contributed by atoms with van der Waals surface area (Å²) in [5.41, 5.74) is 6.98. The zero-order valence-corrected chi connectivity index (χ0v) is 8.90. The van der Waals surface area contributed by atoms with Crippen molar-refractivity contribution < 1.29 is 19.4 Å². The van der Waals surface area contributed by atoms with Crippen LogP contribution in [0.3, 0.4) is 0 Å². The van der Waals surface area contributed by atoms with Crippen molar-refractivity contribution in [3.8, 4) is 0 Å². The Labute approximate surface area is 92.8 Å². The third kappa shape index (κ3) is 2.98. The molecule has 1 rings (SSSR count). The van der Waals surface area contributed by atoms with Crippen molar-refractivity contribution in [3.05, 3.63) is 29.3 Å². The number of carboxylic acids is 1. The molecule has 0 unspecified atom stereocenters. The summed E-state index contributed by atoms with van der Waals surface area (Å²) in [4.78, 5) is 21.8. The number of benzene rings is 1. The molecule has 1 aromatic rings. The molecule has 1 aromatic carbocycles. The highest BCUT2D eigenvalue weighted by atomic mass is 16.5. The number of rotatable bonds is 4. The molecule has 0 bridgehead atoms. The molecule has 0 atom stereocenters. The summed E-state index contributed by atoms with van der Waals surface area (Å²) in [6, 6.07) is 5.07. The molecule has 0 amide bonds. The van der Waals surface area contributed by atoms with Crippen LogP contribution in [0.1, 0.15) is 22.3 Å². The van der Waals surface area contributed by atoms with Crippen LogP contribution in [0.15, 0.2) is 18.2 Å². The SMILES string of the molecule is Cc1cccc(N)c1C(=O)OCCC(=O)O. The second-order valence-corrected chi connectivity index (χ2v) is 3.32. The predicted molar refractivity (Wildman–Crippen MR) is 58.1 cm³/mol. The maximum atomic E-state index is 11.6. The maximum Gasteiger partial charge on any atom is 0.340 e. The number of nitrogen functional groups attached to an aromatic ring is 1. The van der Waals surface area contributed by atoms with E-state index in [1.54, 1.807) is 25.1 Å². The molecule has 3 N–H and O–H groups in total. The van der Waals surface area contributed by atoms with Crippen LogP contribution in [-0.4, -0.2) is 23.7 Å². The first-order chi connectivity index (χ1) is 7.52. The van der Waals surface area contributed by atoms with E-state index in [0.29, 0.717) is 16.8 Å². The number of esters is 1. The minimum absolute atomic E-state index is 0.151. The number of nitrogens with two attached hydrogens (primary N) is 1. The Morgan fingerprint density at radius 1 is 1.44 bits per heavy atom. The lowest BCUT2D eigenvalue weighted by molar-refractivity contribution is -0.137. The number of carbonyl (C=O) groups excluding carboxylic acids is 1. The number of ether oxygens (including phenoxy) is 1. The minimum atomic E-state index is -1.01. The third-order valence-electron chi connectivity index (χ3n) is 2.06. The molecule has 0 saturated heterocycles. The molecule has 0 aliphatic rings. The fraction of sp³-hybridized carbons (Fsp3) is 0.273. The Balaban J connectivity index is 2.70. The molecule has 0 aromatic heterocycles. The topological polar surface area (TPSA) is 89.6 Å². The van der Waals surface area contributed by atoms with E-state index in [-0.39, 0.29) is 13.0 Å². The van der Waals surface area contributed by atoms with E-state index in [1.165, 1.54) is 0 Å². The molecule has 0 aliphatic heterocycles. The second-order valence-electron chi connectivity index (χ2n) is 3.32. The fourth-order valence-corrected chi connectivity index (χ4v) is 1.27. The van der Waals surface area contributed by atoms with E-state index in [0.717, 1.165) is 0 Å². The second kappa shape index (κ2) is 5.16. The van der Waals surface area contributed by atoms with E-state index in [9.17, 15) is 9.59 Å². The van der Waals surface area contributed by atoms with Crippen LogP contribution in [0.5, 0.6) is 0 Å². The van der Waals surface area contributed by atoms with Gasteiger partial charge >= 0.3 is 11.9 Å². The summed E-state index contributed by atoms with van der Waals surface area (Å²) in [7, 11) is 0. The van der Waals surface area contributed by atoms with Crippen molar-refractivity contribution in [3.63, 3.8) is 0 Å². The lowest BCUT2D eigenvalue weighted by atomic mass is 10.1. The van der Waals surface area contributed by atoms with Crippen molar-refractivity contribution in [1.82, 2.24) is 0 Å². The highest BCUT2D eigenvalue weighted by molar-refractivity contribution is 5.96. The Morgan fingerprint density at radius 3 is 2.69 bits per heavy atom. The van der Waals surface area contributed by atoms with Gasteiger partial charge in [0, 0.05) is 5.69 Å². The number of carboxylic acid groups (broad SMARTS) is 1. The van der Waals surface area contributed by atoms with Gasteiger partial charge in [-0.2, -0.15) is 0 Å². The van der Waals surface area contributed by atoms with Gasteiger partial charge in [0.05, 0.1) is 12.0 Å². The van der Waals surface area contributed by atoms with Gasteiger partial charge in [-0.05, 0) is 18.6 Å². The number of aryl methyl sites for hydroxylation is 1. The molecule has 5 nitrogen and oxygen atoms in total. The average molecular weight is 223 g/mol. The van der Waals surface area contributed by atoms with Crippen LogP contribution in [0.2, 0.25) is 0 Å². The zero-order valence-electron chi connectivity index (χ0n) is 8.90. The van der Waals surface area contributed by atoms with Crippen LogP contribution < -0.4 is 5.73 Å². The Morgan fingerprint density at radius 2 is 2.12 bits per heavy atom. The van der Waals surface area contributed by atoms with Gasteiger partial charge in [0.1, 0.15) is 6.61 Å². The fourth-order valence-electron chi connectivity index (χ4n) is 1.27. The predicted octanol–water partition coefficient (Wildman–Crippen LogP) is 1.21. The van der Waals surface area contributed by atoms with E-state index < -0.39 is 11.9 Å². The van der Waals surface area contributed by atoms with Crippen LogP contribution >= 0.6 is 0 Å². The van der Waals surface area contributed by atoms with Crippen LogP contribution in [-0.2, 0) is 9.53 Å². The molecule has 0 heterocycles. The van der Waals surface area contributed by atoms with Gasteiger partial charge in [0.25, 0.3) is 0 Å². The number of carbonyl (C=O) groups is 2. The summed E-state index contributed by atoms with van der Waals surface area (Å²) in [6.07, 6.45) is -0.211. The summed E-state index contributed by atoms with van der Waals surface area (Å²) in [5.74, 6) is -1.59. The van der Waals surface area contributed by atoms with Crippen molar-refractivity contribution in [2.45, 2.75) is 13.3 Å². The molecular weight excluding hydrogens is 210 g/mol. The standard InChI is InChI=1S/C11H13NO4/c1-7-3-2-4-8(12)10(7)11(15)16-6-5-9(13)14/h2-4H,5-6,12H2,1H3,(H,13,14). The monoisotopic (exact) mass is 223 g/mol. The first-order valence-corrected chi connectivity index (χ1v) is 4.76. The first kappa shape index (κ1) is 12.0. The van der Waals surface area contributed by atoms with E-state index in [2.05, 4.69) is 0 Å². The lowest BCUT2D eigenvalue weighted by Crippen LogP contribution is -2.12. The van der Waals surface area contributed by atoms with Crippen LogP contribution in [0.4, 0.5) is 5.69 Å². The Kier molecular flexibility index (Phi) is 3.88. The number of anilines is 1. The van der Waals surface area contributed by atoms with Gasteiger partial charge in [-0.15, -0.1) is 0 Å². The van der Waals surface area contributed by atoms with Gasteiger partial charge in [0.15, 0.2) is 0 Å². The van der Waals surface area contributed by atoms with Gasteiger partial charge in [-0.1, -0.05) is 12.1 Å². The molecular formula is C11H13NO4. The van der Waals surface area contributed by atoms with Gasteiger partial charge < -0.3 is 15.6 Å². The largest absolute Gasteiger partial charge is 0.481 e. The quantitative estimate of drug-likeness (QED) is 0.591. The van der Waals surface area contributed by atoms with E-state index in [1.807, 2.05) is 0 Å². The van der Waals surface area contributed by atoms with Crippen LogP contribution in [0.25, 0.3) is 0 Å². The van der Waals surface area contributed by atoms with E-state index in [4.69, 9.17) is 15.6 Å². The van der Waals surface area contributed by atoms with Gasteiger partial charge in [-0.3, -0.25) is 4.79 Å². The molecule has 0 spiro atoms. The zero-order chi connectivity index (χ0) is 12.1. The molecule has 5 heteroatoms. The molecule has 0 aliphatic carbocycles. The Hall–Kier alpha value is -2.04. The van der Waals surface area contributed by atoms with Gasteiger partial charge in [0.2, 0.25) is 0 Å². The summed E-state index contributed by atoms with van der Waals surface area (Å²) in [5, 5.41) is 8.39. The number of hydrogen-bond acceptors (Lipinski definition) is 4. The highest BCUT2D eigenvalue weighted by Gasteiger charge is 2.14. The molecule has 86 valence electrons. The molecule has 0 radical (unpaired) electrons. The summed E-state index contributed by atoms with van der Waals surface area (Å²) in [6.45, 7) is 1.59. The average Bonchev–Trinajstić information content (AvgIpc) is 2.16. The maximum absolute atomic E-state index is 11.6. The normalized spacial score (nSPS) is 9.81. The number of aliphatic carboxylic acids is 1. The van der Waals surface area contributed by atoms with E-state index >= 15 is 0 Å². The molecule has 0 fully saturated rings. The third-order valence-corrected chi connectivity index (χ3v) is 2.06. The van der Waals surface area contributed by atoms with Crippen molar-refractivity contribution in [1.29, 1.82) is 0 Å². The Bertz CT molecular complexity index is 394. The van der Waals surface area contributed by atoms with Crippen molar-refractivity contribution >= 4 is 17.6 Å². The molecule has 16 heavy (non-hydrogen) atoms. The lowest BCUT2D eigenvalue weighted by Gasteiger charge is -2.08. The number of hydrogen-bond donors (Lipinski definition) is 2. The molecule has 0 saturated carbocycles. The summed E-state index contributed by atoms with van der Waals surface area (Å²) >= 11 is 0. The minimum Gasteiger partial charge on any atom is -0.481 e. The van der Waals surface area contributed by atoms with Crippen molar-refractivity contribution in [2.75, 3.05) is 12.3 Å². The highest BCUT2D eigenvalue weighted by Crippen LogP contribution is 2.17. The van der Waals surface area contributed by atoms with Crippen molar-refractivity contribution in [2.24, 2.45) is 0 Å².